The van der Waals surface area contributed by atoms with Crippen LogP contribution < -0.4 is 5.32 Å². The Morgan fingerprint density at radius 2 is 2.15 bits per heavy atom. The number of carbonyl (C=O) groups is 1. The van der Waals surface area contributed by atoms with E-state index in [0.717, 1.165) is 22.2 Å². The number of amides is 1. The van der Waals surface area contributed by atoms with Crippen LogP contribution in [0.1, 0.15) is 18.0 Å². The number of aromatic amines is 1. The Hall–Kier alpha value is -3.48. The average Bonchev–Trinajstić information content (AvgIpc) is 3.34. The molecule has 3 aromatic heterocycles. The van der Waals surface area contributed by atoms with E-state index in [2.05, 4.69) is 25.4 Å². The van der Waals surface area contributed by atoms with Crippen LogP contribution >= 0.6 is 0 Å². The summed E-state index contributed by atoms with van der Waals surface area (Å²) in [5, 5.41) is 7.96. The predicted octanol–water partition coefficient (Wildman–Crippen LogP) is 2.86. The third kappa shape index (κ3) is 3.61. The van der Waals surface area contributed by atoms with E-state index in [1.807, 2.05) is 48.7 Å². The number of aromatic nitrogens is 4. The van der Waals surface area contributed by atoms with E-state index in [4.69, 9.17) is 4.52 Å². The van der Waals surface area contributed by atoms with Gasteiger partial charge in [0.1, 0.15) is 0 Å². The average molecular weight is 347 g/mol. The van der Waals surface area contributed by atoms with E-state index in [9.17, 15) is 4.79 Å². The maximum absolute atomic E-state index is 12.0. The summed E-state index contributed by atoms with van der Waals surface area (Å²) < 4.78 is 5.26. The standard InChI is InChI=1S/C19H17N5O2/c25-17(22-12-15-3-1-2-9-20-15)6-7-18-23-19(24-26-18)14-5-4-13-8-10-21-16(13)11-14/h1-5,8-11,21H,6-7,12H2,(H,22,25). The number of fused-ring (bicyclic) bond motifs is 1. The molecule has 1 amide bonds. The lowest BCUT2D eigenvalue weighted by Crippen LogP contribution is -2.23. The summed E-state index contributed by atoms with van der Waals surface area (Å²) in [5.41, 5.74) is 2.71. The van der Waals surface area contributed by atoms with Crippen LogP contribution in [0.25, 0.3) is 22.3 Å². The van der Waals surface area contributed by atoms with E-state index < -0.39 is 0 Å². The molecule has 3 heterocycles. The van der Waals surface area contributed by atoms with Crippen molar-refractivity contribution in [1.29, 1.82) is 0 Å². The van der Waals surface area contributed by atoms with Crippen LogP contribution in [0.2, 0.25) is 0 Å². The zero-order valence-corrected chi connectivity index (χ0v) is 14.0. The summed E-state index contributed by atoms with van der Waals surface area (Å²) in [6, 6.07) is 13.5. The quantitative estimate of drug-likeness (QED) is 0.559. The molecule has 1 aromatic carbocycles. The highest BCUT2D eigenvalue weighted by molar-refractivity contribution is 5.83. The van der Waals surface area contributed by atoms with Gasteiger partial charge in [-0.1, -0.05) is 23.4 Å². The molecule has 26 heavy (non-hydrogen) atoms. The Labute approximate surface area is 149 Å². The van der Waals surface area contributed by atoms with Crippen LogP contribution in [0.3, 0.4) is 0 Å². The van der Waals surface area contributed by atoms with Crippen LogP contribution in [0, 0.1) is 0 Å². The second kappa shape index (κ2) is 7.18. The number of hydrogen-bond acceptors (Lipinski definition) is 5. The lowest BCUT2D eigenvalue weighted by atomic mass is 10.1. The molecule has 0 unspecified atom stereocenters. The summed E-state index contributed by atoms with van der Waals surface area (Å²) in [6.07, 6.45) is 4.27. The fraction of sp³-hybridized carbons (Fsp3) is 0.158. The summed E-state index contributed by atoms with van der Waals surface area (Å²) in [5.74, 6) is 0.883. The fourth-order valence-electron chi connectivity index (χ4n) is 2.66. The largest absolute Gasteiger partial charge is 0.361 e. The number of H-pyrrole nitrogens is 1. The highest BCUT2D eigenvalue weighted by Gasteiger charge is 2.11. The number of benzene rings is 1. The van der Waals surface area contributed by atoms with E-state index in [0.29, 0.717) is 24.7 Å². The molecule has 0 atom stereocenters. The Bertz CT molecular complexity index is 1020. The molecule has 2 N–H and O–H groups in total. The summed E-state index contributed by atoms with van der Waals surface area (Å²) >= 11 is 0. The Morgan fingerprint density at radius 1 is 1.19 bits per heavy atom. The molecule has 0 aliphatic carbocycles. The van der Waals surface area contributed by atoms with Crippen molar-refractivity contribution >= 4 is 16.8 Å². The van der Waals surface area contributed by atoms with E-state index in [-0.39, 0.29) is 12.3 Å². The number of nitrogens with one attached hydrogen (secondary N) is 2. The smallest absolute Gasteiger partial charge is 0.227 e. The first-order valence-electron chi connectivity index (χ1n) is 8.35. The first-order valence-corrected chi connectivity index (χ1v) is 8.35. The predicted molar refractivity (Wildman–Crippen MR) is 96.0 cm³/mol. The molecular weight excluding hydrogens is 330 g/mol. The van der Waals surface area contributed by atoms with Gasteiger partial charge in [0, 0.05) is 36.3 Å². The van der Waals surface area contributed by atoms with Crippen LogP contribution in [-0.4, -0.2) is 26.0 Å². The molecule has 0 spiro atoms. The highest BCUT2D eigenvalue weighted by atomic mass is 16.5. The number of hydrogen-bond donors (Lipinski definition) is 2. The van der Waals surface area contributed by atoms with Crippen LogP contribution in [0.5, 0.6) is 0 Å². The van der Waals surface area contributed by atoms with Gasteiger partial charge in [-0.2, -0.15) is 4.98 Å². The lowest BCUT2D eigenvalue weighted by Gasteiger charge is -2.03. The van der Waals surface area contributed by atoms with Gasteiger partial charge < -0.3 is 14.8 Å². The Morgan fingerprint density at radius 3 is 3.04 bits per heavy atom. The molecule has 0 saturated heterocycles. The first-order chi connectivity index (χ1) is 12.8. The van der Waals surface area contributed by atoms with E-state index in [1.165, 1.54) is 0 Å². The maximum Gasteiger partial charge on any atom is 0.227 e. The molecule has 130 valence electrons. The Balaban J connectivity index is 1.34. The zero-order chi connectivity index (χ0) is 17.8. The van der Waals surface area contributed by atoms with Crippen LogP contribution in [0.15, 0.2) is 59.4 Å². The molecule has 0 bridgehead atoms. The molecule has 4 rings (SSSR count). The van der Waals surface area contributed by atoms with E-state index in [1.54, 1.807) is 6.20 Å². The normalized spacial score (nSPS) is 10.9. The van der Waals surface area contributed by atoms with Gasteiger partial charge in [0.25, 0.3) is 0 Å². The van der Waals surface area contributed by atoms with Gasteiger partial charge >= 0.3 is 0 Å². The SMILES string of the molecule is O=C(CCc1nc(-c2ccc3cc[nH]c3c2)no1)NCc1ccccn1. The van der Waals surface area contributed by atoms with Crippen LogP contribution in [-0.2, 0) is 17.8 Å². The monoisotopic (exact) mass is 347 g/mol. The van der Waals surface area contributed by atoms with Gasteiger partial charge in [0.15, 0.2) is 0 Å². The number of pyridine rings is 1. The summed E-state index contributed by atoms with van der Waals surface area (Å²) in [7, 11) is 0. The molecular formula is C19H17N5O2. The van der Waals surface area contributed by atoms with Gasteiger partial charge in [-0.05, 0) is 29.7 Å². The van der Waals surface area contributed by atoms with Crippen molar-refractivity contribution in [2.75, 3.05) is 0 Å². The van der Waals surface area contributed by atoms with Gasteiger partial charge in [-0.25, -0.2) is 0 Å². The minimum Gasteiger partial charge on any atom is -0.361 e. The van der Waals surface area contributed by atoms with Gasteiger partial charge in [-0.3, -0.25) is 9.78 Å². The topological polar surface area (TPSA) is 96.7 Å². The molecule has 0 aliphatic rings. The summed E-state index contributed by atoms with van der Waals surface area (Å²) in [4.78, 5) is 23.7. The minimum absolute atomic E-state index is 0.0804. The molecule has 7 nitrogen and oxygen atoms in total. The van der Waals surface area contributed by atoms with Crippen molar-refractivity contribution in [3.8, 4) is 11.4 Å². The molecule has 4 aromatic rings. The molecule has 7 heteroatoms. The molecule has 0 fully saturated rings. The molecule has 0 aliphatic heterocycles. The van der Waals surface area contributed by atoms with Crippen molar-refractivity contribution in [3.05, 3.63) is 66.4 Å². The van der Waals surface area contributed by atoms with Gasteiger partial charge in [-0.15, -0.1) is 0 Å². The van der Waals surface area contributed by atoms with Crippen molar-refractivity contribution in [2.24, 2.45) is 0 Å². The number of nitrogens with zero attached hydrogens (tertiary/aromatic N) is 3. The zero-order valence-electron chi connectivity index (χ0n) is 14.0. The van der Waals surface area contributed by atoms with E-state index >= 15 is 0 Å². The third-order valence-corrected chi connectivity index (χ3v) is 4.04. The van der Waals surface area contributed by atoms with Crippen molar-refractivity contribution in [3.63, 3.8) is 0 Å². The third-order valence-electron chi connectivity index (χ3n) is 4.04. The second-order valence-electron chi connectivity index (χ2n) is 5.89. The highest BCUT2D eigenvalue weighted by Crippen LogP contribution is 2.21. The number of rotatable bonds is 6. The molecule has 0 saturated carbocycles. The minimum atomic E-state index is -0.0804. The van der Waals surface area contributed by atoms with Crippen molar-refractivity contribution < 1.29 is 9.32 Å². The lowest BCUT2D eigenvalue weighted by molar-refractivity contribution is -0.121. The first kappa shape index (κ1) is 16.0. The van der Waals surface area contributed by atoms with Gasteiger partial charge in [0.05, 0.1) is 12.2 Å². The van der Waals surface area contributed by atoms with Gasteiger partial charge in [0.2, 0.25) is 17.6 Å². The van der Waals surface area contributed by atoms with Crippen LogP contribution in [0.4, 0.5) is 0 Å². The van der Waals surface area contributed by atoms with Crippen molar-refractivity contribution in [1.82, 2.24) is 25.4 Å². The second-order valence-corrected chi connectivity index (χ2v) is 5.89. The maximum atomic E-state index is 12.0. The summed E-state index contributed by atoms with van der Waals surface area (Å²) in [6.45, 7) is 0.408. The molecule has 0 radical (unpaired) electrons. The Kier molecular flexibility index (Phi) is 4.42. The number of aryl methyl sites for hydroxylation is 1. The van der Waals surface area contributed by atoms with Crippen molar-refractivity contribution in [2.45, 2.75) is 19.4 Å². The number of carbonyl (C=O) groups excluding carboxylic acids is 1. The fourth-order valence-corrected chi connectivity index (χ4v) is 2.66.